The van der Waals surface area contributed by atoms with Gasteiger partial charge in [0.05, 0.1) is 0 Å². The summed E-state index contributed by atoms with van der Waals surface area (Å²) in [6, 6.07) is 0. The molecular weight excluding hydrogens is 336 g/mol. The second-order valence-corrected chi connectivity index (χ2v) is 8.10. The summed E-state index contributed by atoms with van der Waals surface area (Å²) in [5.41, 5.74) is 7.36. The molecule has 0 aliphatic rings. The first-order chi connectivity index (χ1) is 12.3. The molecule has 0 bridgehead atoms. The largest absolute Gasteiger partial charge is 0.122 e. The lowest BCUT2D eigenvalue weighted by Gasteiger charge is -2.03. The van der Waals surface area contributed by atoms with Gasteiger partial charge in [0.2, 0.25) is 0 Å². The molecule has 26 heavy (non-hydrogen) atoms. The zero-order valence-electron chi connectivity index (χ0n) is 18.1. The molecule has 0 heterocycles. The third kappa shape index (κ3) is 16.5. The first-order valence-corrected chi connectivity index (χ1v) is 10.7. The molecule has 0 saturated heterocycles. The van der Waals surface area contributed by atoms with Crippen molar-refractivity contribution in [1.82, 2.24) is 0 Å². The van der Waals surface area contributed by atoms with Crippen molar-refractivity contribution in [1.29, 1.82) is 0 Å². The van der Waals surface area contributed by atoms with Crippen LogP contribution in [0, 0.1) is 0 Å². The second kappa shape index (κ2) is 16.2. The van der Waals surface area contributed by atoms with Crippen molar-refractivity contribution >= 4 is 11.6 Å². The van der Waals surface area contributed by atoms with E-state index in [9.17, 15) is 0 Å². The number of alkyl halides is 1. The molecule has 0 N–H and O–H groups in total. The lowest BCUT2D eigenvalue weighted by Crippen LogP contribution is -1.83. The quantitative estimate of drug-likeness (QED) is 0.222. The Morgan fingerprint density at radius 1 is 0.500 bits per heavy atom. The molecule has 0 aromatic heterocycles. The molecule has 0 rings (SSSR count). The molecule has 0 radical (unpaired) electrons. The van der Waals surface area contributed by atoms with E-state index >= 15 is 0 Å². The summed E-state index contributed by atoms with van der Waals surface area (Å²) in [4.78, 5) is 0. The van der Waals surface area contributed by atoms with Gasteiger partial charge in [-0.3, -0.25) is 0 Å². The second-order valence-electron chi connectivity index (χ2n) is 7.79. The van der Waals surface area contributed by atoms with Crippen molar-refractivity contribution in [2.75, 3.05) is 5.88 Å². The molecule has 0 aliphatic heterocycles. The van der Waals surface area contributed by atoms with Gasteiger partial charge in [-0.1, -0.05) is 58.2 Å². The molecule has 0 fully saturated rings. The normalized spacial score (nSPS) is 14.0. The summed E-state index contributed by atoms with van der Waals surface area (Å²) in [6.07, 6.45) is 21.0. The van der Waals surface area contributed by atoms with Crippen molar-refractivity contribution in [3.63, 3.8) is 0 Å². The number of rotatable bonds is 13. The van der Waals surface area contributed by atoms with Crippen LogP contribution in [0.4, 0.5) is 0 Å². The molecule has 0 aliphatic carbocycles. The van der Waals surface area contributed by atoms with E-state index in [1.54, 1.807) is 0 Å². The lowest BCUT2D eigenvalue weighted by atomic mass is 10.0. The molecule has 0 atom stereocenters. The van der Waals surface area contributed by atoms with E-state index < -0.39 is 0 Å². The highest BCUT2D eigenvalue weighted by Gasteiger charge is 1.94. The molecule has 1 heteroatoms. The minimum Gasteiger partial charge on any atom is -0.122 e. The molecule has 0 nitrogen and oxygen atoms in total. The van der Waals surface area contributed by atoms with Crippen LogP contribution in [0.3, 0.4) is 0 Å². The Kier molecular flexibility index (Phi) is 15.6. The van der Waals surface area contributed by atoms with Crippen LogP contribution < -0.4 is 0 Å². The molecule has 0 unspecified atom stereocenters. The third-order valence-corrected chi connectivity index (χ3v) is 4.77. The molecule has 0 aromatic rings. The van der Waals surface area contributed by atoms with Crippen LogP contribution in [0.15, 0.2) is 58.2 Å². The zero-order valence-corrected chi connectivity index (χ0v) is 18.9. The Hall–Kier alpha value is -1.01. The van der Waals surface area contributed by atoms with Gasteiger partial charge >= 0.3 is 0 Å². The van der Waals surface area contributed by atoms with Crippen molar-refractivity contribution < 1.29 is 0 Å². The van der Waals surface area contributed by atoms with E-state index in [1.807, 2.05) is 0 Å². The Bertz CT molecular complexity index is 522. The van der Waals surface area contributed by atoms with E-state index in [0.29, 0.717) is 5.88 Å². The van der Waals surface area contributed by atoms with Crippen molar-refractivity contribution in [3.8, 4) is 0 Å². The minimum atomic E-state index is 0.628. The molecule has 148 valence electrons. The Morgan fingerprint density at radius 2 is 0.808 bits per heavy atom. The van der Waals surface area contributed by atoms with Crippen LogP contribution in [0.1, 0.15) is 92.9 Å². The van der Waals surface area contributed by atoms with Gasteiger partial charge in [0.15, 0.2) is 0 Å². The molecule has 0 aromatic carbocycles. The van der Waals surface area contributed by atoms with Gasteiger partial charge in [0.25, 0.3) is 0 Å². The van der Waals surface area contributed by atoms with Gasteiger partial charge in [-0.05, 0) is 92.9 Å². The summed E-state index contributed by atoms with van der Waals surface area (Å²) in [7, 11) is 0. The van der Waals surface area contributed by atoms with E-state index in [1.165, 1.54) is 60.0 Å². The third-order valence-electron chi connectivity index (χ3n) is 4.61. The van der Waals surface area contributed by atoms with Crippen LogP contribution in [-0.2, 0) is 0 Å². The van der Waals surface area contributed by atoms with Gasteiger partial charge in [-0.15, -0.1) is 11.6 Å². The summed E-state index contributed by atoms with van der Waals surface area (Å²) in [5, 5.41) is 0. The SMILES string of the molecule is CC(C)=CCCC(C)=CCCC(C)=CCC/C(C)=C/CC/C(C)=C/CCl. The first kappa shape index (κ1) is 25.0. The lowest BCUT2D eigenvalue weighted by molar-refractivity contribution is 0.891. The van der Waals surface area contributed by atoms with E-state index in [-0.39, 0.29) is 0 Å². The highest BCUT2D eigenvalue weighted by atomic mass is 35.5. The summed E-state index contributed by atoms with van der Waals surface area (Å²) >= 11 is 5.72. The summed E-state index contributed by atoms with van der Waals surface area (Å²) in [6.45, 7) is 13.3. The van der Waals surface area contributed by atoms with E-state index in [2.05, 4.69) is 71.9 Å². The zero-order chi connectivity index (χ0) is 19.8. The fraction of sp³-hybridized carbons (Fsp3) is 0.600. The molecule has 0 saturated carbocycles. The number of halogens is 1. The molecule has 0 spiro atoms. The average molecular weight is 377 g/mol. The number of allylic oxidation sites excluding steroid dienone is 10. The summed E-state index contributed by atoms with van der Waals surface area (Å²) in [5.74, 6) is 0.628. The van der Waals surface area contributed by atoms with Crippen molar-refractivity contribution in [3.05, 3.63) is 58.2 Å². The fourth-order valence-electron chi connectivity index (χ4n) is 2.77. The van der Waals surface area contributed by atoms with Gasteiger partial charge in [-0.25, -0.2) is 0 Å². The summed E-state index contributed by atoms with van der Waals surface area (Å²) < 4.78 is 0. The fourth-order valence-corrected chi connectivity index (χ4v) is 3.03. The maximum Gasteiger partial charge on any atom is 0.0406 e. The monoisotopic (exact) mass is 376 g/mol. The number of hydrogen-bond acceptors (Lipinski definition) is 0. The van der Waals surface area contributed by atoms with Crippen LogP contribution in [0.2, 0.25) is 0 Å². The maximum atomic E-state index is 5.72. The highest BCUT2D eigenvalue weighted by Crippen LogP contribution is 2.14. The van der Waals surface area contributed by atoms with Gasteiger partial charge in [0, 0.05) is 5.88 Å². The standard InChI is InChI=1S/C25H41Cl/c1-21(2)11-7-12-22(3)13-8-14-23(4)15-9-16-24(5)17-10-18-25(6)19-20-26/h11,13,15,17,19H,7-10,12,14,16,18,20H2,1-6H3/b22-13?,23-15?,24-17+,25-19+. The maximum absolute atomic E-state index is 5.72. The van der Waals surface area contributed by atoms with E-state index in [4.69, 9.17) is 11.6 Å². The Balaban J connectivity index is 4.03. The molecule has 0 amide bonds. The predicted octanol–water partition coefficient (Wildman–Crippen LogP) is 9.10. The van der Waals surface area contributed by atoms with Gasteiger partial charge in [-0.2, -0.15) is 0 Å². The smallest absolute Gasteiger partial charge is 0.0406 e. The van der Waals surface area contributed by atoms with Crippen molar-refractivity contribution in [2.24, 2.45) is 0 Å². The van der Waals surface area contributed by atoms with Crippen molar-refractivity contribution in [2.45, 2.75) is 92.9 Å². The van der Waals surface area contributed by atoms with Crippen LogP contribution >= 0.6 is 11.6 Å². The van der Waals surface area contributed by atoms with Crippen LogP contribution in [-0.4, -0.2) is 5.88 Å². The van der Waals surface area contributed by atoms with Gasteiger partial charge < -0.3 is 0 Å². The molecular formula is C25H41Cl. The number of hydrogen-bond donors (Lipinski definition) is 0. The average Bonchev–Trinajstić information content (AvgIpc) is 2.54. The minimum absolute atomic E-state index is 0.628. The first-order valence-electron chi connectivity index (χ1n) is 10.2. The Morgan fingerprint density at radius 3 is 1.12 bits per heavy atom. The topological polar surface area (TPSA) is 0 Å². The van der Waals surface area contributed by atoms with Gasteiger partial charge in [0.1, 0.15) is 0 Å². The van der Waals surface area contributed by atoms with Crippen LogP contribution in [0.25, 0.3) is 0 Å². The van der Waals surface area contributed by atoms with Crippen LogP contribution in [0.5, 0.6) is 0 Å². The predicted molar refractivity (Wildman–Crippen MR) is 122 cm³/mol. The highest BCUT2D eigenvalue weighted by molar-refractivity contribution is 6.18. The van der Waals surface area contributed by atoms with E-state index in [0.717, 1.165) is 19.3 Å². The Labute approximate surface area is 168 Å².